The van der Waals surface area contributed by atoms with Gasteiger partial charge in [-0.05, 0) is 53.1 Å². The Bertz CT molecular complexity index is 399. The van der Waals surface area contributed by atoms with Gasteiger partial charge in [0, 0.05) is 12.6 Å². The summed E-state index contributed by atoms with van der Waals surface area (Å²) in [6.45, 7) is 7.82. The summed E-state index contributed by atoms with van der Waals surface area (Å²) in [5.41, 5.74) is -0.608. The molecule has 2 atom stereocenters. The van der Waals surface area contributed by atoms with Crippen molar-refractivity contribution in [1.82, 2.24) is 9.80 Å². The van der Waals surface area contributed by atoms with Gasteiger partial charge >= 0.3 is 12.1 Å². The van der Waals surface area contributed by atoms with Crippen LogP contribution in [0.5, 0.6) is 0 Å². The lowest BCUT2D eigenvalue weighted by Gasteiger charge is -2.32. The molecular weight excluding hydrogens is 272 g/mol. The van der Waals surface area contributed by atoms with Gasteiger partial charge in [0.15, 0.2) is 0 Å². The van der Waals surface area contributed by atoms with E-state index in [-0.39, 0.29) is 6.04 Å². The van der Waals surface area contributed by atoms with Gasteiger partial charge in [0.25, 0.3) is 0 Å². The standard InChI is InChI=1S/C15H26N2O4/c1-15(2,3)21-14(20)17-10-11(9-12(17)13(18)19)16-7-5-4-6-8-16/h11-12H,4-10H2,1-3H3,(H,18,19)/t11-,12-/m1/s1. The number of rotatable bonds is 2. The van der Waals surface area contributed by atoms with Crippen LogP contribution in [0.1, 0.15) is 46.5 Å². The van der Waals surface area contributed by atoms with Crippen molar-refractivity contribution in [3.05, 3.63) is 0 Å². The van der Waals surface area contributed by atoms with E-state index in [1.54, 1.807) is 20.8 Å². The van der Waals surface area contributed by atoms with E-state index in [0.717, 1.165) is 25.9 Å². The summed E-state index contributed by atoms with van der Waals surface area (Å²) < 4.78 is 5.34. The molecular formula is C15H26N2O4. The zero-order valence-corrected chi connectivity index (χ0v) is 13.2. The van der Waals surface area contributed by atoms with Crippen LogP contribution in [0.4, 0.5) is 4.79 Å². The van der Waals surface area contributed by atoms with Crippen LogP contribution in [0.3, 0.4) is 0 Å². The fraction of sp³-hybridized carbons (Fsp3) is 0.867. The Kier molecular flexibility index (Phi) is 4.76. The molecule has 21 heavy (non-hydrogen) atoms. The number of carboxylic acids is 1. The maximum Gasteiger partial charge on any atom is 0.411 e. The number of aliphatic carboxylic acids is 1. The van der Waals surface area contributed by atoms with Crippen LogP contribution >= 0.6 is 0 Å². The van der Waals surface area contributed by atoms with Crippen LogP contribution in [0.25, 0.3) is 0 Å². The number of nitrogens with zero attached hydrogens (tertiary/aromatic N) is 2. The number of amides is 1. The highest BCUT2D eigenvalue weighted by Crippen LogP contribution is 2.26. The maximum absolute atomic E-state index is 12.2. The second kappa shape index (κ2) is 6.22. The third-order valence-corrected chi connectivity index (χ3v) is 4.10. The highest BCUT2D eigenvalue weighted by atomic mass is 16.6. The average molecular weight is 298 g/mol. The van der Waals surface area contributed by atoms with E-state index in [4.69, 9.17) is 4.74 Å². The van der Waals surface area contributed by atoms with Crippen molar-refractivity contribution in [2.45, 2.75) is 64.1 Å². The highest BCUT2D eigenvalue weighted by Gasteiger charge is 2.43. The molecule has 0 radical (unpaired) electrons. The smallest absolute Gasteiger partial charge is 0.411 e. The minimum absolute atomic E-state index is 0.138. The van der Waals surface area contributed by atoms with Crippen molar-refractivity contribution < 1.29 is 19.4 Å². The summed E-state index contributed by atoms with van der Waals surface area (Å²) in [5.74, 6) is -0.944. The lowest BCUT2D eigenvalue weighted by molar-refractivity contribution is -0.142. The van der Waals surface area contributed by atoms with Gasteiger partial charge in [0.1, 0.15) is 11.6 Å². The van der Waals surface area contributed by atoms with E-state index < -0.39 is 23.7 Å². The minimum atomic E-state index is -0.944. The van der Waals surface area contributed by atoms with Crippen molar-refractivity contribution >= 4 is 12.1 Å². The predicted octanol–water partition coefficient (Wildman–Crippen LogP) is 1.93. The first-order chi connectivity index (χ1) is 9.78. The quantitative estimate of drug-likeness (QED) is 0.843. The summed E-state index contributed by atoms with van der Waals surface area (Å²) in [6, 6.07) is -0.634. The van der Waals surface area contributed by atoms with E-state index in [1.807, 2.05) is 0 Å². The van der Waals surface area contributed by atoms with E-state index in [9.17, 15) is 14.7 Å². The number of ether oxygens (including phenoxy) is 1. The molecule has 0 saturated carbocycles. The molecule has 0 spiro atoms. The Morgan fingerprint density at radius 1 is 1.14 bits per heavy atom. The molecule has 6 nitrogen and oxygen atoms in total. The fourth-order valence-corrected chi connectivity index (χ4v) is 3.12. The van der Waals surface area contributed by atoms with Crippen LogP contribution in [-0.2, 0) is 9.53 Å². The normalized spacial score (nSPS) is 27.7. The zero-order valence-electron chi connectivity index (χ0n) is 13.2. The van der Waals surface area contributed by atoms with Crippen molar-refractivity contribution in [1.29, 1.82) is 0 Å². The summed E-state index contributed by atoms with van der Waals surface area (Å²) in [7, 11) is 0. The minimum Gasteiger partial charge on any atom is -0.480 e. The number of carbonyl (C=O) groups excluding carboxylic acids is 1. The number of piperidine rings is 1. The first-order valence-corrected chi connectivity index (χ1v) is 7.74. The van der Waals surface area contributed by atoms with Crippen molar-refractivity contribution in [2.24, 2.45) is 0 Å². The van der Waals surface area contributed by atoms with Gasteiger partial charge in [-0.25, -0.2) is 9.59 Å². The van der Waals surface area contributed by atoms with Crippen molar-refractivity contribution in [3.8, 4) is 0 Å². The van der Waals surface area contributed by atoms with Crippen molar-refractivity contribution in [2.75, 3.05) is 19.6 Å². The lowest BCUT2D eigenvalue weighted by Crippen LogP contribution is -2.44. The van der Waals surface area contributed by atoms with Gasteiger partial charge in [0.2, 0.25) is 0 Å². The first-order valence-electron chi connectivity index (χ1n) is 7.74. The van der Waals surface area contributed by atoms with Crippen molar-refractivity contribution in [3.63, 3.8) is 0 Å². The third kappa shape index (κ3) is 4.09. The molecule has 0 unspecified atom stereocenters. The molecule has 120 valence electrons. The Morgan fingerprint density at radius 2 is 1.76 bits per heavy atom. The average Bonchev–Trinajstić information content (AvgIpc) is 2.83. The van der Waals surface area contributed by atoms with Gasteiger partial charge < -0.3 is 9.84 Å². The second-order valence-electron chi connectivity index (χ2n) is 6.97. The topological polar surface area (TPSA) is 70.1 Å². The number of hydrogen-bond donors (Lipinski definition) is 1. The first kappa shape index (κ1) is 16.1. The van der Waals surface area contributed by atoms with Crippen LogP contribution in [0.15, 0.2) is 0 Å². The largest absolute Gasteiger partial charge is 0.480 e. The van der Waals surface area contributed by atoms with Gasteiger partial charge in [-0.3, -0.25) is 9.80 Å². The fourth-order valence-electron chi connectivity index (χ4n) is 3.12. The molecule has 0 bridgehead atoms. The Balaban J connectivity index is 2.04. The summed E-state index contributed by atoms with van der Waals surface area (Å²) in [4.78, 5) is 27.4. The predicted molar refractivity (Wildman–Crippen MR) is 78.2 cm³/mol. The summed E-state index contributed by atoms with van der Waals surface area (Å²) >= 11 is 0. The molecule has 0 aromatic heterocycles. The number of hydrogen-bond acceptors (Lipinski definition) is 4. The molecule has 2 aliphatic heterocycles. The maximum atomic E-state index is 12.2. The van der Waals surface area contributed by atoms with Gasteiger partial charge in [-0.15, -0.1) is 0 Å². The molecule has 2 rings (SSSR count). The van der Waals surface area contributed by atoms with E-state index in [0.29, 0.717) is 13.0 Å². The molecule has 2 aliphatic rings. The summed E-state index contributed by atoms with van der Waals surface area (Å²) in [6.07, 6.45) is 3.52. The third-order valence-electron chi connectivity index (χ3n) is 4.10. The van der Waals surface area contributed by atoms with Crippen LogP contribution < -0.4 is 0 Å². The van der Waals surface area contributed by atoms with E-state index in [1.165, 1.54) is 11.3 Å². The number of likely N-dealkylation sites (tertiary alicyclic amines) is 2. The van der Waals surface area contributed by atoms with E-state index >= 15 is 0 Å². The molecule has 0 aromatic carbocycles. The monoisotopic (exact) mass is 298 g/mol. The molecule has 1 N–H and O–H groups in total. The molecule has 6 heteroatoms. The number of carboxylic acid groups (broad SMARTS) is 1. The molecule has 2 fully saturated rings. The molecule has 2 saturated heterocycles. The zero-order chi connectivity index (χ0) is 15.6. The molecule has 0 aromatic rings. The number of carbonyl (C=O) groups is 2. The van der Waals surface area contributed by atoms with Gasteiger partial charge in [0.05, 0.1) is 0 Å². The Labute approximate surface area is 126 Å². The van der Waals surface area contributed by atoms with E-state index in [2.05, 4.69) is 4.90 Å². The van der Waals surface area contributed by atoms with Gasteiger partial charge in [-0.1, -0.05) is 6.42 Å². The molecule has 1 amide bonds. The Morgan fingerprint density at radius 3 is 2.29 bits per heavy atom. The van der Waals surface area contributed by atoms with Crippen LogP contribution in [-0.4, -0.2) is 64.3 Å². The summed E-state index contributed by atoms with van der Waals surface area (Å²) in [5, 5.41) is 9.38. The lowest BCUT2D eigenvalue weighted by atomic mass is 10.1. The van der Waals surface area contributed by atoms with Gasteiger partial charge in [-0.2, -0.15) is 0 Å². The SMILES string of the molecule is CC(C)(C)OC(=O)N1C[C@H](N2CCCCC2)C[C@@H]1C(=O)O. The molecule has 0 aliphatic carbocycles. The van der Waals surface area contributed by atoms with Crippen LogP contribution in [0, 0.1) is 0 Å². The van der Waals surface area contributed by atoms with Crippen LogP contribution in [0.2, 0.25) is 0 Å². The second-order valence-corrected chi connectivity index (χ2v) is 6.97. The molecule has 2 heterocycles. The Hall–Kier alpha value is -1.30. The highest BCUT2D eigenvalue weighted by molar-refractivity contribution is 5.81.